The van der Waals surface area contributed by atoms with Crippen molar-refractivity contribution < 1.29 is 9.47 Å². The second kappa shape index (κ2) is 6.27. The summed E-state index contributed by atoms with van der Waals surface area (Å²) in [7, 11) is 0. The van der Waals surface area contributed by atoms with Crippen LogP contribution in [0.25, 0.3) is 0 Å². The van der Waals surface area contributed by atoms with Crippen molar-refractivity contribution in [2.45, 2.75) is 19.9 Å². The third-order valence-corrected chi connectivity index (χ3v) is 3.85. The highest BCUT2D eigenvalue weighted by atomic mass is 35.5. The molecule has 0 unspecified atom stereocenters. The van der Waals surface area contributed by atoms with Crippen LogP contribution in [0.5, 0.6) is 11.5 Å². The van der Waals surface area contributed by atoms with Gasteiger partial charge >= 0.3 is 0 Å². The summed E-state index contributed by atoms with van der Waals surface area (Å²) in [4.78, 5) is 0. The lowest BCUT2D eigenvalue weighted by molar-refractivity contribution is 0.296. The smallest absolute Gasteiger partial charge is 0.166 e. The molecule has 1 N–H and O–H groups in total. The van der Waals surface area contributed by atoms with Crippen LogP contribution in [0.15, 0.2) is 36.4 Å². The fourth-order valence-corrected chi connectivity index (χ4v) is 2.72. The molecule has 110 valence electrons. The van der Waals surface area contributed by atoms with Gasteiger partial charge < -0.3 is 14.8 Å². The molecule has 0 aromatic heterocycles. The van der Waals surface area contributed by atoms with Crippen LogP contribution in [-0.4, -0.2) is 13.2 Å². The van der Waals surface area contributed by atoms with E-state index in [0.29, 0.717) is 19.8 Å². The van der Waals surface area contributed by atoms with Gasteiger partial charge in [0.1, 0.15) is 0 Å². The molecule has 0 bridgehead atoms. The zero-order chi connectivity index (χ0) is 14.7. The molecule has 2 aromatic rings. The van der Waals surface area contributed by atoms with Crippen LogP contribution in [0.1, 0.15) is 17.5 Å². The van der Waals surface area contributed by atoms with Crippen molar-refractivity contribution in [3.63, 3.8) is 0 Å². The number of para-hydroxylation sites is 2. The molecule has 3 nitrogen and oxygen atoms in total. The molecular formula is C17H18ClNO2. The van der Waals surface area contributed by atoms with Gasteiger partial charge in [-0.15, -0.1) is 0 Å². The maximum atomic E-state index is 6.25. The molecule has 0 amide bonds. The van der Waals surface area contributed by atoms with Crippen molar-refractivity contribution in [1.82, 2.24) is 0 Å². The van der Waals surface area contributed by atoms with Crippen LogP contribution in [0.4, 0.5) is 5.69 Å². The average Bonchev–Trinajstić information content (AvgIpc) is 2.72. The zero-order valence-corrected chi connectivity index (χ0v) is 12.7. The first-order valence-corrected chi connectivity index (χ1v) is 7.50. The molecular weight excluding hydrogens is 286 g/mol. The third-order valence-electron chi connectivity index (χ3n) is 3.53. The van der Waals surface area contributed by atoms with Crippen LogP contribution < -0.4 is 14.8 Å². The molecule has 0 aliphatic carbocycles. The highest BCUT2D eigenvalue weighted by Crippen LogP contribution is 2.34. The highest BCUT2D eigenvalue weighted by Gasteiger charge is 2.14. The van der Waals surface area contributed by atoms with Crippen LogP contribution in [0, 0.1) is 6.92 Å². The lowest BCUT2D eigenvalue weighted by Crippen LogP contribution is -2.05. The predicted octanol–water partition coefficient (Wildman–Crippen LogP) is 4.42. The number of nitrogens with one attached hydrogen (secondary N) is 1. The van der Waals surface area contributed by atoms with Crippen molar-refractivity contribution in [3.05, 3.63) is 52.5 Å². The Balaban J connectivity index is 1.83. The van der Waals surface area contributed by atoms with Gasteiger partial charge in [-0.1, -0.05) is 35.9 Å². The monoisotopic (exact) mass is 303 g/mol. The molecule has 4 heteroatoms. The Bertz CT molecular complexity index is 622. The lowest BCUT2D eigenvalue weighted by Gasteiger charge is -2.15. The van der Waals surface area contributed by atoms with Gasteiger partial charge in [0.15, 0.2) is 11.5 Å². The van der Waals surface area contributed by atoms with Crippen molar-refractivity contribution in [2.75, 3.05) is 18.5 Å². The van der Waals surface area contributed by atoms with E-state index in [2.05, 4.69) is 5.32 Å². The van der Waals surface area contributed by atoms with Gasteiger partial charge in [0.2, 0.25) is 0 Å². The SMILES string of the molecule is Cc1cccc(Cl)c1NCc1cccc2c1OCCCO2. The molecule has 0 fully saturated rings. The standard InChI is InChI=1S/C17H18ClNO2/c1-12-5-2-7-14(18)16(12)19-11-13-6-3-8-15-17(13)21-10-4-9-20-15/h2-3,5-8,19H,4,9-11H2,1H3. The van der Waals surface area contributed by atoms with E-state index < -0.39 is 0 Å². The first kappa shape index (κ1) is 14.1. The van der Waals surface area contributed by atoms with Crippen molar-refractivity contribution in [3.8, 4) is 11.5 Å². The predicted molar refractivity (Wildman–Crippen MR) is 85.6 cm³/mol. The van der Waals surface area contributed by atoms with Crippen molar-refractivity contribution >= 4 is 17.3 Å². The van der Waals surface area contributed by atoms with E-state index in [1.54, 1.807) is 0 Å². The lowest BCUT2D eigenvalue weighted by atomic mass is 10.1. The first-order chi connectivity index (χ1) is 10.3. The summed E-state index contributed by atoms with van der Waals surface area (Å²) < 4.78 is 11.5. The molecule has 2 aromatic carbocycles. The molecule has 0 radical (unpaired) electrons. The van der Waals surface area contributed by atoms with E-state index in [-0.39, 0.29) is 0 Å². The summed E-state index contributed by atoms with van der Waals surface area (Å²) in [6.45, 7) is 4.08. The molecule has 1 aliphatic heterocycles. The summed E-state index contributed by atoms with van der Waals surface area (Å²) >= 11 is 6.25. The molecule has 0 atom stereocenters. The fourth-order valence-electron chi connectivity index (χ4n) is 2.43. The van der Waals surface area contributed by atoms with Gasteiger partial charge in [-0.05, 0) is 24.6 Å². The van der Waals surface area contributed by atoms with Crippen LogP contribution in [-0.2, 0) is 6.54 Å². The number of rotatable bonds is 3. The fraction of sp³-hybridized carbons (Fsp3) is 0.294. The van der Waals surface area contributed by atoms with Gasteiger partial charge in [0.25, 0.3) is 0 Å². The van der Waals surface area contributed by atoms with Crippen LogP contribution in [0.2, 0.25) is 5.02 Å². The Morgan fingerprint density at radius 1 is 1.10 bits per heavy atom. The largest absolute Gasteiger partial charge is 0.490 e. The molecule has 0 saturated heterocycles. The third kappa shape index (κ3) is 3.08. The quantitative estimate of drug-likeness (QED) is 0.910. The highest BCUT2D eigenvalue weighted by molar-refractivity contribution is 6.33. The first-order valence-electron chi connectivity index (χ1n) is 7.12. The van der Waals surface area contributed by atoms with Gasteiger partial charge in [-0.2, -0.15) is 0 Å². The van der Waals surface area contributed by atoms with Gasteiger partial charge in [-0.3, -0.25) is 0 Å². The van der Waals surface area contributed by atoms with Crippen LogP contribution >= 0.6 is 11.6 Å². The Kier molecular flexibility index (Phi) is 4.20. The number of hydrogen-bond acceptors (Lipinski definition) is 3. The molecule has 1 heterocycles. The summed E-state index contributed by atoms with van der Waals surface area (Å²) in [6, 6.07) is 11.9. The second-order valence-electron chi connectivity index (χ2n) is 5.08. The Hall–Kier alpha value is -1.87. The van der Waals surface area contributed by atoms with Crippen molar-refractivity contribution in [1.29, 1.82) is 0 Å². The Labute approximate surface area is 129 Å². The zero-order valence-electron chi connectivity index (χ0n) is 12.0. The van der Waals surface area contributed by atoms with Crippen LogP contribution in [0.3, 0.4) is 0 Å². The minimum atomic E-state index is 0.650. The molecule has 3 rings (SSSR count). The number of halogens is 1. The molecule has 21 heavy (non-hydrogen) atoms. The summed E-state index contributed by atoms with van der Waals surface area (Å²) in [5, 5.41) is 4.13. The van der Waals surface area contributed by atoms with Gasteiger partial charge in [0.05, 0.1) is 23.9 Å². The number of fused-ring (bicyclic) bond motifs is 1. The number of aryl methyl sites for hydroxylation is 1. The minimum absolute atomic E-state index is 0.650. The van der Waals surface area contributed by atoms with E-state index in [9.17, 15) is 0 Å². The Morgan fingerprint density at radius 3 is 2.76 bits per heavy atom. The molecule has 0 saturated carbocycles. The minimum Gasteiger partial charge on any atom is -0.490 e. The summed E-state index contributed by atoms with van der Waals surface area (Å²) in [5.41, 5.74) is 3.17. The van der Waals surface area contributed by atoms with E-state index >= 15 is 0 Å². The maximum Gasteiger partial charge on any atom is 0.166 e. The molecule has 0 spiro atoms. The van der Waals surface area contributed by atoms with E-state index in [1.165, 1.54) is 0 Å². The summed E-state index contributed by atoms with van der Waals surface area (Å²) in [5.74, 6) is 1.66. The van der Waals surface area contributed by atoms with Gasteiger partial charge in [-0.25, -0.2) is 0 Å². The topological polar surface area (TPSA) is 30.5 Å². The number of anilines is 1. The second-order valence-corrected chi connectivity index (χ2v) is 5.49. The maximum absolute atomic E-state index is 6.25. The normalized spacial score (nSPS) is 13.6. The summed E-state index contributed by atoms with van der Waals surface area (Å²) in [6.07, 6.45) is 0.908. The number of ether oxygens (including phenoxy) is 2. The number of benzene rings is 2. The van der Waals surface area contributed by atoms with E-state index in [1.807, 2.05) is 43.3 Å². The number of hydrogen-bond donors (Lipinski definition) is 1. The molecule has 1 aliphatic rings. The van der Waals surface area contributed by atoms with E-state index in [0.717, 1.165) is 39.8 Å². The van der Waals surface area contributed by atoms with Crippen molar-refractivity contribution in [2.24, 2.45) is 0 Å². The average molecular weight is 304 g/mol. The van der Waals surface area contributed by atoms with E-state index in [4.69, 9.17) is 21.1 Å². The van der Waals surface area contributed by atoms with Gasteiger partial charge in [0, 0.05) is 18.5 Å². The Morgan fingerprint density at radius 2 is 1.90 bits per heavy atom.